The molecular formula is C7H11N2O2Rb. The topological polar surface area (TPSA) is 67.5 Å². The summed E-state index contributed by atoms with van der Waals surface area (Å²) in [6.45, 7) is 1.55. The molecule has 1 aromatic rings. The molecule has 2 N–H and O–H groups in total. The van der Waals surface area contributed by atoms with Crippen molar-refractivity contribution in [1.29, 1.82) is 0 Å². The van der Waals surface area contributed by atoms with Gasteiger partial charge in [-0.2, -0.15) is 0 Å². The SMILES string of the molecule is CC(O)(CCO)c1c[n-]cn1.[Rb+]. The second-order valence-corrected chi connectivity index (χ2v) is 2.66. The summed E-state index contributed by atoms with van der Waals surface area (Å²) in [4.78, 5) is 7.55. The molecule has 5 heteroatoms. The van der Waals surface area contributed by atoms with Gasteiger partial charge in [-0.3, -0.25) is 0 Å². The first-order valence-electron chi connectivity index (χ1n) is 3.43. The van der Waals surface area contributed by atoms with E-state index in [0.717, 1.165) is 0 Å². The van der Waals surface area contributed by atoms with Gasteiger partial charge in [0.25, 0.3) is 0 Å². The van der Waals surface area contributed by atoms with Crippen LogP contribution >= 0.6 is 0 Å². The van der Waals surface area contributed by atoms with Gasteiger partial charge in [-0.15, -0.1) is 0 Å². The van der Waals surface area contributed by atoms with Gasteiger partial charge < -0.3 is 20.2 Å². The summed E-state index contributed by atoms with van der Waals surface area (Å²) in [5.41, 5.74) is -0.544. The first-order valence-corrected chi connectivity index (χ1v) is 3.43. The van der Waals surface area contributed by atoms with E-state index in [4.69, 9.17) is 5.11 Å². The zero-order chi connectivity index (χ0) is 8.32. The molecule has 0 aliphatic carbocycles. The molecule has 1 rings (SSSR count). The van der Waals surface area contributed by atoms with Crippen LogP contribution in [-0.4, -0.2) is 21.8 Å². The molecule has 0 aliphatic rings. The summed E-state index contributed by atoms with van der Waals surface area (Å²) in [7, 11) is 0. The summed E-state index contributed by atoms with van der Waals surface area (Å²) in [5, 5.41) is 18.2. The normalized spacial score (nSPS) is 14.9. The minimum atomic E-state index is -1.05. The van der Waals surface area contributed by atoms with E-state index in [1.807, 2.05) is 0 Å². The van der Waals surface area contributed by atoms with Crippen LogP contribution in [-0.2, 0) is 5.60 Å². The first kappa shape index (κ1) is 12.9. The fourth-order valence-corrected chi connectivity index (χ4v) is 0.857. The third kappa shape index (κ3) is 3.36. The van der Waals surface area contributed by atoms with Crippen LogP contribution in [0.15, 0.2) is 12.5 Å². The van der Waals surface area contributed by atoms with Gasteiger partial charge in [-0.05, 0) is 12.6 Å². The molecule has 0 fully saturated rings. The van der Waals surface area contributed by atoms with Crippen molar-refractivity contribution in [3.05, 3.63) is 18.2 Å². The van der Waals surface area contributed by atoms with E-state index in [9.17, 15) is 5.11 Å². The zero-order valence-corrected chi connectivity index (χ0v) is 12.3. The van der Waals surface area contributed by atoms with Crippen LogP contribution in [0, 0.1) is 0 Å². The van der Waals surface area contributed by atoms with Gasteiger partial charge in [0.05, 0.1) is 5.60 Å². The second-order valence-electron chi connectivity index (χ2n) is 2.66. The average Bonchev–Trinajstić information content (AvgIpc) is 2.37. The van der Waals surface area contributed by atoms with Gasteiger partial charge in [0.2, 0.25) is 0 Å². The smallest absolute Gasteiger partial charge is 0.449 e. The fourth-order valence-electron chi connectivity index (χ4n) is 0.857. The summed E-state index contributed by atoms with van der Waals surface area (Å²) >= 11 is 0. The van der Waals surface area contributed by atoms with Crippen LogP contribution in [0.25, 0.3) is 0 Å². The Morgan fingerprint density at radius 3 is 2.75 bits per heavy atom. The monoisotopic (exact) mass is 240 g/mol. The van der Waals surface area contributed by atoms with E-state index in [-0.39, 0.29) is 71.2 Å². The summed E-state index contributed by atoms with van der Waals surface area (Å²) in [5.74, 6) is 0. The molecule has 0 aliphatic heterocycles. The van der Waals surface area contributed by atoms with E-state index < -0.39 is 5.60 Å². The van der Waals surface area contributed by atoms with Gasteiger partial charge >= 0.3 is 58.2 Å². The number of aliphatic hydroxyl groups is 2. The number of hydrogen-bond donors (Lipinski definition) is 2. The minimum Gasteiger partial charge on any atom is -0.449 e. The van der Waals surface area contributed by atoms with E-state index in [1.54, 1.807) is 6.92 Å². The Kier molecular flexibility index (Phi) is 6.06. The molecule has 0 bridgehead atoms. The fraction of sp³-hybridized carbons (Fsp3) is 0.571. The standard InChI is InChI=1S/C7H11N2O2.Rb/c1-7(11,2-3-10)6-4-8-5-9-6;/h4-5,10-11H,2-3H2,1H3;/q-1;+1. The first-order chi connectivity index (χ1) is 5.17. The van der Waals surface area contributed by atoms with Crippen LogP contribution in [0.1, 0.15) is 19.0 Å². The third-order valence-corrected chi connectivity index (χ3v) is 1.61. The van der Waals surface area contributed by atoms with Crippen molar-refractivity contribution in [2.75, 3.05) is 6.61 Å². The number of aromatic nitrogens is 2. The van der Waals surface area contributed by atoms with Crippen LogP contribution in [0.4, 0.5) is 0 Å². The average molecular weight is 241 g/mol. The van der Waals surface area contributed by atoms with E-state index in [2.05, 4.69) is 9.97 Å². The van der Waals surface area contributed by atoms with Crippen LogP contribution in [0.3, 0.4) is 0 Å². The molecule has 12 heavy (non-hydrogen) atoms. The van der Waals surface area contributed by atoms with Crippen molar-refractivity contribution in [1.82, 2.24) is 9.97 Å². The maximum atomic E-state index is 9.61. The van der Waals surface area contributed by atoms with Crippen LogP contribution in [0.5, 0.6) is 0 Å². The number of hydrogen-bond acceptors (Lipinski definition) is 3. The Hall–Kier alpha value is 0.935. The molecule has 4 nitrogen and oxygen atoms in total. The molecule has 0 aromatic carbocycles. The van der Waals surface area contributed by atoms with Crippen molar-refractivity contribution in [2.24, 2.45) is 0 Å². The molecule has 0 saturated carbocycles. The van der Waals surface area contributed by atoms with Crippen molar-refractivity contribution in [2.45, 2.75) is 18.9 Å². The number of rotatable bonds is 3. The maximum absolute atomic E-state index is 9.61. The quantitative estimate of drug-likeness (QED) is 0.579. The predicted octanol–water partition coefficient (Wildman–Crippen LogP) is -3.37. The van der Waals surface area contributed by atoms with Crippen LogP contribution < -0.4 is 63.2 Å². The molecule has 0 spiro atoms. The maximum Gasteiger partial charge on any atom is 1.00 e. The Balaban J connectivity index is 0.00000121. The molecule has 0 saturated heterocycles. The molecule has 62 valence electrons. The van der Waals surface area contributed by atoms with Crippen molar-refractivity contribution < 1.29 is 68.4 Å². The van der Waals surface area contributed by atoms with Gasteiger partial charge in [0.15, 0.2) is 0 Å². The predicted molar refractivity (Wildman–Crippen MR) is 38.8 cm³/mol. The summed E-state index contributed by atoms with van der Waals surface area (Å²) in [6, 6.07) is 0. The Labute approximate surface area is 120 Å². The van der Waals surface area contributed by atoms with Gasteiger partial charge in [0, 0.05) is 13.0 Å². The molecule has 1 aromatic heterocycles. The number of aliphatic hydroxyl groups excluding tert-OH is 1. The molecule has 1 atom stereocenters. The van der Waals surface area contributed by atoms with Crippen molar-refractivity contribution in [3.63, 3.8) is 0 Å². The van der Waals surface area contributed by atoms with Gasteiger partial charge in [0.1, 0.15) is 0 Å². The van der Waals surface area contributed by atoms with Gasteiger partial charge in [-0.25, -0.2) is 0 Å². The Bertz CT molecular complexity index is 211. The molecule has 0 amide bonds. The Morgan fingerprint density at radius 2 is 2.33 bits per heavy atom. The third-order valence-electron chi connectivity index (χ3n) is 1.61. The number of imidazole rings is 1. The van der Waals surface area contributed by atoms with Crippen molar-refractivity contribution >= 4 is 0 Å². The minimum absolute atomic E-state index is 0. The zero-order valence-electron chi connectivity index (χ0n) is 7.36. The van der Waals surface area contributed by atoms with E-state index >= 15 is 0 Å². The van der Waals surface area contributed by atoms with E-state index in [1.165, 1.54) is 12.5 Å². The van der Waals surface area contributed by atoms with Gasteiger partial charge in [-0.1, -0.05) is 12.5 Å². The molecular weight excluding hydrogens is 230 g/mol. The second kappa shape index (κ2) is 5.62. The molecule has 1 heterocycles. The summed E-state index contributed by atoms with van der Waals surface area (Å²) in [6.07, 6.45) is 3.16. The molecule has 1 unspecified atom stereocenters. The Morgan fingerprint density at radius 1 is 1.67 bits per heavy atom. The van der Waals surface area contributed by atoms with Crippen molar-refractivity contribution in [3.8, 4) is 0 Å². The van der Waals surface area contributed by atoms with Crippen LogP contribution in [0.2, 0.25) is 0 Å². The largest absolute Gasteiger partial charge is 1.00 e. The number of nitrogens with zero attached hydrogens (tertiary/aromatic N) is 2. The molecule has 0 radical (unpaired) electrons. The van der Waals surface area contributed by atoms with E-state index in [0.29, 0.717) is 5.69 Å². The summed E-state index contributed by atoms with van der Waals surface area (Å²) < 4.78 is 0.